The number of aryl methyl sites for hydroxylation is 3. The maximum Gasteiger partial charge on any atom is 0.237 e. The minimum Gasteiger partial charge on any atom is -0.325 e. The van der Waals surface area contributed by atoms with Crippen molar-refractivity contribution >= 4 is 56.5 Å². The van der Waals surface area contributed by atoms with E-state index in [2.05, 4.69) is 29.1 Å². The Morgan fingerprint density at radius 2 is 2.04 bits per heavy atom. The molecule has 0 saturated heterocycles. The zero-order valence-electron chi connectivity index (χ0n) is 14.4. The number of fused-ring (bicyclic) bond motifs is 1. The second kappa shape index (κ2) is 7.32. The lowest BCUT2D eigenvalue weighted by Gasteiger charge is -2.13. The van der Waals surface area contributed by atoms with Crippen LogP contribution in [0.2, 0.25) is 5.02 Å². The molecular weight excluding hydrogens is 374 g/mol. The number of hydrogen-bond acceptors (Lipinski definition) is 5. The van der Waals surface area contributed by atoms with E-state index in [-0.39, 0.29) is 11.2 Å². The Balaban J connectivity index is 1.84. The van der Waals surface area contributed by atoms with Crippen LogP contribution in [-0.2, 0) is 4.79 Å². The molecule has 1 atom stereocenters. The first-order valence-electron chi connectivity index (χ1n) is 7.82. The van der Waals surface area contributed by atoms with E-state index >= 15 is 0 Å². The fourth-order valence-electron chi connectivity index (χ4n) is 2.43. The molecule has 0 fully saturated rings. The van der Waals surface area contributed by atoms with Crippen molar-refractivity contribution < 1.29 is 4.79 Å². The number of rotatable bonds is 4. The quantitative estimate of drug-likeness (QED) is 0.478. The average Bonchev–Trinajstić information content (AvgIpc) is 2.81. The summed E-state index contributed by atoms with van der Waals surface area (Å²) in [4.78, 5) is 23.8. The van der Waals surface area contributed by atoms with E-state index in [0.29, 0.717) is 10.7 Å². The number of thioether (sulfide) groups is 1. The summed E-state index contributed by atoms with van der Waals surface area (Å²) in [6.07, 6.45) is 0. The first-order valence-corrected chi connectivity index (χ1v) is 9.90. The van der Waals surface area contributed by atoms with Crippen LogP contribution in [0.4, 0.5) is 5.69 Å². The molecular formula is C18H18ClN3OS2. The third-order valence-corrected chi connectivity index (χ3v) is 6.28. The summed E-state index contributed by atoms with van der Waals surface area (Å²) in [5.41, 5.74) is 1.88. The largest absolute Gasteiger partial charge is 0.325 e. The van der Waals surface area contributed by atoms with Crippen LogP contribution in [0, 0.1) is 20.8 Å². The van der Waals surface area contributed by atoms with E-state index in [0.717, 1.165) is 21.1 Å². The highest BCUT2D eigenvalue weighted by Gasteiger charge is 2.20. The Labute approximate surface area is 160 Å². The lowest BCUT2D eigenvalue weighted by molar-refractivity contribution is -0.115. The van der Waals surface area contributed by atoms with Crippen LogP contribution in [0.15, 0.2) is 29.3 Å². The van der Waals surface area contributed by atoms with Crippen LogP contribution in [0.1, 0.15) is 23.2 Å². The third-order valence-electron chi connectivity index (χ3n) is 3.86. The molecule has 1 aromatic carbocycles. The van der Waals surface area contributed by atoms with Crippen molar-refractivity contribution in [3.8, 4) is 0 Å². The number of nitrogens with one attached hydrogen (secondary N) is 1. The van der Waals surface area contributed by atoms with E-state index in [1.165, 1.54) is 22.2 Å². The minimum absolute atomic E-state index is 0.0821. The van der Waals surface area contributed by atoms with Crippen LogP contribution < -0.4 is 5.32 Å². The molecule has 0 saturated carbocycles. The second-order valence-electron chi connectivity index (χ2n) is 5.80. The number of amides is 1. The molecule has 2 aromatic heterocycles. The molecule has 0 unspecified atom stereocenters. The van der Waals surface area contributed by atoms with Crippen molar-refractivity contribution in [2.24, 2.45) is 0 Å². The van der Waals surface area contributed by atoms with Crippen LogP contribution in [-0.4, -0.2) is 21.1 Å². The van der Waals surface area contributed by atoms with Gasteiger partial charge in [0.15, 0.2) is 0 Å². The first-order chi connectivity index (χ1) is 11.8. The lowest BCUT2D eigenvalue weighted by atomic mass is 10.2. The summed E-state index contributed by atoms with van der Waals surface area (Å²) < 4.78 is 0. The van der Waals surface area contributed by atoms with Gasteiger partial charge in [-0.25, -0.2) is 9.97 Å². The zero-order chi connectivity index (χ0) is 18.1. The van der Waals surface area contributed by atoms with Gasteiger partial charge in [-0.15, -0.1) is 11.3 Å². The number of anilines is 1. The Bertz CT molecular complexity index is 955. The van der Waals surface area contributed by atoms with Gasteiger partial charge in [-0.2, -0.15) is 0 Å². The van der Waals surface area contributed by atoms with Gasteiger partial charge >= 0.3 is 0 Å². The van der Waals surface area contributed by atoms with E-state index in [4.69, 9.17) is 11.6 Å². The molecule has 130 valence electrons. The molecule has 4 nitrogen and oxygen atoms in total. The second-order valence-corrected chi connectivity index (χ2v) is 8.77. The van der Waals surface area contributed by atoms with E-state index < -0.39 is 0 Å². The van der Waals surface area contributed by atoms with Crippen LogP contribution in [0.25, 0.3) is 10.2 Å². The minimum atomic E-state index is -0.295. The van der Waals surface area contributed by atoms with E-state index in [9.17, 15) is 4.79 Å². The van der Waals surface area contributed by atoms with Crippen LogP contribution >= 0.6 is 34.7 Å². The molecule has 0 bridgehead atoms. The number of hydrogen-bond donors (Lipinski definition) is 1. The summed E-state index contributed by atoms with van der Waals surface area (Å²) >= 11 is 9.09. The summed E-state index contributed by atoms with van der Waals surface area (Å²) in [7, 11) is 0. The van der Waals surface area contributed by atoms with Crippen molar-refractivity contribution in [1.29, 1.82) is 0 Å². The van der Waals surface area contributed by atoms with Gasteiger partial charge in [-0.1, -0.05) is 29.4 Å². The number of nitrogens with zero attached hydrogens (tertiary/aromatic N) is 2. The molecule has 25 heavy (non-hydrogen) atoms. The Hall–Kier alpha value is -1.63. The summed E-state index contributed by atoms with van der Waals surface area (Å²) in [5.74, 6) is 0.639. The predicted molar refractivity (Wildman–Crippen MR) is 107 cm³/mol. The maximum absolute atomic E-state index is 12.5. The van der Waals surface area contributed by atoms with E-state index in [1.807, 2.05) is 26.0 Å². The van der Waals surface area contributed by atoms with Gasteiger partial charge in [0.2, 0.25) is 5.91 Å². The topological polar surface area (TPSA) is 54.9 Å². The molecule has 1 N–H and O–H groups in total. The molecule has 0 spiro atoms. The van der Waals surface area contributed by atoms with Crippen molar-refractivity contribution in [2.45, 2.75) is 38.0 Å². The number of benzene rings is 1. The van der Waals surface area contributed by atoms with Gasteiger partial charge in [-0.05, 0) is 51.5 Å². The van der Waals surface area contributed by atoms with Gasteiger partial charge in [0, 0.05) is 21.0 Å². The van der Waals surface area contributed by atoms with Crippen molar-refractivity contribution in [2.75, 3.05) is 5.32 Å². The van der Waals surface area contributed by atoms with Gasteiger partial charge < -0.3 is 5.32 Å². The molecule has 1 amide bonds. The molecule has 0 radical (unpaired) electrons. The predicted octanol–water partition coefficient (Wildman–Crippen LogP) is 5.39. The number of carbonyl (C=O) groups is 1. The standard InChI is InChI=1S/C18H18ClN3OS2/c1-9-10(2)24-17-15(9)18(21-12(4)20-17)25-11(3)16(23)22-14-7-5-6-13(19)8-14/h5-8,11H,1-4H3,(H,22,23)/t11-/m0/s1. The van der Waals surface area contributed by atoms with Crippen molar-refractivity contribution in [3.63, 3.8) is 0 Å². The molecule has 3 aromatic rings. The number of thiophene rings is 1. The first kappa shape index (κ1) is 18.2. The normalized spacial score (nSPS) is 12.4. The highest BCUT2D eigenvalue weighted by Crippen LogP contribution is 2.36. The molecule has 0 aliphatic carbocycles. The fraction of sp³-hybridized carbons (Fsp3) is 0.278. The molecule has 7 heteroatoms. The number of carbonyl (C=O) groups excluding carboxylic acids is 1. The Morgan fingerprint density at radius 3 is 2.76 bits per heavy atom. The van der Waals surface area contributed by atoms with Gasteiger partial charge in [0.05, 0.1) is 5.25 Å². The van der Waals surface area contributed by atoms with Crippen LogP contribution in [0.5, 0.6) is 0 Å². The zero-order valence-corrected chi connectivity index (χ0v) is 16.8. The molecule has 3 rings (SSSR count). The van der Waals surface area contributed by atoms with Crippen LogP contribution in [0.3, 0.4) is 0 Å². The Kier molecular flexibility index (Phi) is 5.32. The highest BCUT2D eigenvalue weighted by molar-refractivity contribution is 8.00. The maximum atomic E-state index is 12.5. The summed E-state index contributed by atoms with van der Waals surface area (Å²) in [5, 5.41) is 5.11. The Morgan fingerprint density at radius 1 is 1.28 bits per heavy atom. The smallest absolute Gasteiger partial charge is 0.237 e. The van der Waals surface area contributed by atoms with Gasteiger partial charge in [0.25, 0.3) is 0 Å². The number of halogens is 1. The van der Waals surface area contributed by atoms with Gasteiger partial charge in [0.1, 0.15) is 15.7 Å². The monoisotopic (exact) mass is 391 g/mol. The average molecular weight is 392 g/mol. The lowest BCUT2D eigenvalue weighted by Crippen LogP contribution is -2.22. The summed E-state index contributed by atoms with van der Waals surface area (Å²) in [6.45, 7) is 7.92. The van der Waals surface area contributed by atoms with E-state index in [1.54, 1.807) is 23.5 Å². The number of aromatic nitrogens is 2. The SMILES string of the molecule is Cc1nc(S[C@@H](C)C(=O)Nc2cccc(Cl)c2)c2c(C)c(C)sc2n1. The van der Waals surface area contributed by atoms with Gasteiger partial charge in [-0.3, -0.25) is 4.79 Å². The molecule has 0 aliphatic rings. The molecule has 0 aliphatic heterocycles. The third kappa shape index (κ3) is 3.97. The van der Waals surface area contributed by atoms with Crippen molar-refractivity contribution in [3.05, 3.63) is 45.6 Å². The van der Waals surface area contributed by atoms with Crippen molar-refractivity contribution in [1.82, 2.24) is 9.97 Å². The fourth-order valence-corrected chi connectivity index (χ4v) is 4.81. The highest BCUT2D eigenvalue weighted by atomic mass is 35.5. The summed E-state index contributed by atoms with van der Waals surface area (Å²) in [6, 6.07) is 7.14. The molecule has 2 heterocycles.